The Morgan fingerprint density at radius 2 is 2.33 bits per heavy atom. The first-order valence-corrected chi connectivity index (χ1v) is 6.06. The Morgan fingerprint density at radius 1 is 1.56 bits per heavy atom. The largest absolute Gasteiger partial charge is 0.477 e. The standard InChI is InChI=1S/C11H11N3O3S/c1-6-9(11(16)17)10(14-13-6)12-8(15)5-7-3-2-4-18-7/h2-4H,5H2,1H3,(H,16,17)(H2,12,13,14,15). The van der Waals surface area contributed by atoms with Gasteiger partial charge in [0.1, 0.15) is 5.56 Å². The SMILES string of the molecule is Cc1[nH]nc(NC(=O)Cc2cccs2)c1C(=O)O. The molecule has 18 heavy (non-hydrogen) atoms. The van der Waals surface area contributed by atoms with Crippen molar-refractivity contribution < 1.29 is 14.7 Å². The molecule has 0 spiro atoms. The normalized spacial score (nSPS) is 10.3. The number of H-pyrrole nitrogens is 1. The van der Waals surface area contributed by atoms with E-state index in [1.165, 1.54) is 11.3 Å². The molecule has 2 heterocycles. The van der Waals surface area contributed by atoms with Gasteiger partial charge in [0.25, 0.3) is 0 Å². The lowest BCUT2D eigenvalue weighted by molar-refractivity contribution is -0.115. The van der Waals surface area contributed by atoms with Gasteiger partial charge < -0.3 is 10.4 Å². The Balaban J connectivity index is 2.10. The van der Waals surface area contributed by atoms with Crippen molar-refractivity contribution in [2.24, 2.45) is 0 Å². The lowest BCUT2D eigenvalue weighted by Crippen LogP contribution is -2.16. The second kappa shape index (κ2) is 5.01. The van der Waals surface area contributed by atoms with Crippen LogP contribution < -0.4 is 5.32 Å². The fraction of sp³-hybridized carbons (Fsp3) is 0.182. The van der Waals surface area contributed by atoms with Crippen molar-refractivity contribution in [2.75, 3.05) is 5.32 Å². The number of hydrogen-bond donors (Lipinski definition) is 3. The average molecular weight is 265 g/mol. The first-order valence-electron chi connectivity index (χ1n) is 5.18. The van der Waals surface area contributed by atoms with Crippen molar-refractivity contribution in [3.63, 3.8) is 0 Å². The second-order valence-corrected chi connectivity index (χ2v) is 4.71. The Labute approximate surface area is 107 Å². The van der Waals surface area contributed by atoms with E-state index in [1.807, 2.05) is 17.5 Å². The molecule has 2 aromatic rings. The quantitative estimate of drug-likeness (QED) is 0.783. The van der Waals surface area contributed by atoms with Gasteiger partial charge in [0.05, 0.1) is 6.42 Å². The van der Waals surface area contributed by atoms with Crippen molar-refractivity contribution in [2.45, 2.75) is 13.3 Å². The van der Waals surface area contributed by atoms with Crippen molar-refractivity contribution in [3.05, 3.63) is 33.6 Å². The second-order valence-electron chi connectivity index (χ2n) is 3.68. The van der Waals surface area contributed by atoms with Crippen LogP contribution in [0.25, 0.3) is 0 Å². The maximum absolute atomic E-state index is 11.7. The van der Waals surface area contributed by atoms with Crippen LogP contribution in [0, 0.1) is 6.92 Å². The number of carboxylic acid groups (broad SMARTS) is 1. The molecule has 0 aromatic carbocycles. The Morgan fingerprint density at radius 3 is 2.94 bits per heavy atom. The van der Waals surface area contributed by atoms with Crippen LogP contribution in [0.3, 0.4) is 0 Å². The minimum Gasteiger partial charge on any atom is -0.477 e. The van der Waals surface area contributed by atoms with Crippen LogP contribution in [0.4, 0.5) is 5.82 Å². The molecule has 0 aliphatic rings. The summed E-state index contributed by atoms with van der Waals surface area (Å²) in [4.78, 5) is 23.6. The number of hydrogen-bond acceptors (Lipinski definition) is 4. The van der Waals surface area contributed by atoms with Gasteiger partial charge in [0.2, 0.25) is 5.91 Å². The van der Waals surface area contributed by atoms with Crippen molar-refractivity contribution in [1.29, 1.82) is 0 Å². The van der Waals surface area contributed by atoms with E-state index in [9.17, 15) is 9.59 Å². The van der Waals surface area contributed by atoms with E-state index in [4.69, 9.17) is 5.11 Å². The van der Waals surface area contributed by atoms with Crippen molar-refractivity contribution in [1.82, 2.24) is 10.2 Å². The van der Waals surface area contributed by atoms with Gasteiger partial charge in [-0.25, -0.2) is 4.79 Å². The van der Waals surface area contributed by atoms with Gasteiger partial charge in [0, 0.05) is 10.6 Å². The molecule has 0 atom stereocenters. The van der Waals surface area contributed by atoms with Gasteiger partial charge >= 0.3 is 5.97 Å². The highest BCUT2D eigenvalue weighted by atomic mass is 32.1. The fourth-order valence-electron chi connectivity index (χ4n) is 1.53. The molecular weight excluding hydrogens is 254 g/mol. The summed E-state index contributed by atoms with van der Waals surface area (Å²) in [6.45, 7) is 1.59. The van der Waals surface area contributed by atoms with Gasteiger partial charge in [0.15, 0.2) is 5.82 Å². The maximum atomic E-state index is 11.7. The summed E-state index contributed by atoms with van der Waals surface area (Å²) >= 11 is 1.47. The van der Waals surface area contributed by atoms with E-state index >= 15 is 0 Å². The number of rotatable bonds is 4. The highest BCUT2D eigenvalue weighted by Crippen LogP contribution is 2.16. The zero-order chi connectivity index (χ0) is 13.1. The molecule has 0 saturated heterocycles. The summed E-state index contributed by atoms with van der Waals surface area (Å²) in [5, 5.41) is 19.7. The predicted molar refractivity (Wildman–Crippen MR) is 66.9 cm³/mol. The van der Waals surface area contributed by atoms with Crippen LogP contribution in [0.15, 0.2) is 17.5 Å². The van der Waals surface area contributed by atoms with Crippen LogP contribution >= 0.6 is 11.3 Å². The number of aromatic carboxylic acids is 1. The lowest BCUT2D eigenvalue weighted by atomic mass is 10.2. The Hall–Kier alpha value is -2.15. The van der Waals surface area contributed by atoms with E-state index < -0.39 is 5.97 Å². The topological polar surface area (TPSA) is 95.1 Å². The minimum atomic E-state index is -1.12. The number of nitrogens with one attached hydrogen (secondary N) is 2. The molecule has 0 saturated carbocycles. The van der Waals surface area contributed by atoms with Crippen LogP contribution in [-0.2, 0) is 11.2 Å². The first kappa shape index (κ1) is 12.3. The van der Waals surface area contributed by atoms with Gasteiger partial charge in [-0.15, -0.1) is 11.3 Å². The molecule has 3 N–H and O–H groups in total. The maximum Gasteiger partial charge on any atom is 0.341 e. The summed E-state index contributed by atoms with van der Waals surface area (Å²) in [6, 6.07) is 3.70. The third kappa shape index (κ3) is 2.57. The molecule has 0 unspecified atom stereocenters. The minimum absolute atomic E-state index is 0.00507. The van der Waals surface area contributed by atoms with E-state index in [1.54, 1.807) is 6.92 Å². The fourth-order valence-corrected chi connectivity index (χ4v) is 2.23. The van der Waals surface area contributed by atoms with Gasteiger partial charge in [-0.3, -0.25) is 9.89 Å². The number of nitrogens with zero attached hydrogens (tertiary/aromatic N) is 1. The Bertz CT molecular complexity index is 574. The molecule has 7 heteroatoms. The summed E-state index contributed by atoms with van der Waals surface area (Å²) in [7, 11) is 0. The van der Waals surface area contributed by atoms with E-state index in [2.05, 4.69) is 15.5 Å². The molecule has 0 bridgehead atoms. The highest BCUT2D eigenvalue weighted by molar-refractivity contribution is 7.10. The molecule has 0 aliphatic carbocycles. The number of carbonyl (C=O) groups is 2. The molecule has 2 aromatic heterocycles. The number of aromatic amines is 1. The van der Waals surface area contributed by atoms with E-state index in [-0.39, 0.29) is 23.7 Å². The van der Waals surface area contributed by atoms with Crippen LogP contribution in [0.2, 0.25) is 0 Å². The van der Waals surface area contributed by atoms with Crippen LogP contribution in [0.5, 0.6) is 0 Å². The zero-order valence-electron chi connectivity index (χ0n) is 9.56. The summed E-state index contributed by atoms with van der Waals surface area (Å²) in [5.74, 6) is -1.35. The van der Waals surface area contributed by atoms with Gasteiger partial charge in [-0.1, -0.05) is 6.07 Å². The molecule has 2 rings (SSSR count). The van der Waals surface area contributed by atoms with Crippen LogP contribution in [-0.4, -0.2) is 27.2 Å². The lowest BCUT2D eigenvalue weighted by Gasteiger charge is -2.02. The molecular formula is C11H11N3O3S. The highest BCUT2D eigenvalue weighted by Gasteiger charge is 2.19. The predicted octanol–water partition coefficient (Wildman–Crippen LogP) is 1.66. The molecule has 1 amide bonds. The monoisotopic (exact) mass is 265 g/mol. The van der Waals surface area contributed by atoms with Crippen molar-refractivity contribution in [3.8, 4) is 0 Å². The van der Waals surface area contributed by atoms with E-state index in [0.29, 0.717) is 5.69 Å². The third-order valence-electron chi connectivity index (χ3n) is 2.33. The smallest absolute Gasteiger partial charge is 0.341 e. The number of aromatic nitrogens is 2. The molecule has 94 valence electrons. The molecule has 0 radical (unpaired) electrons. The first-order chi connectivity index (χ1) is 8.58. The number of amides is 1. The summed E-state index contributed by atoms with van der Waals surface area (Å²) in [6.07, 6.45) is 0.211. The third-order valence-corrected chi connectivity index (χ3v) is 3.21. The Kier molecular flexibility index (Phi) is 3.42. The molecule has 0 fully saturated rings. The molecule has 0 aliphatic heterocycles. The van der Waals surface area contributed by atoms with E-state index in [0.717, 1.165) is 4.88 Å². The number of thiophene rings is 1. The number of carbonyl (C=O) groups excluding carboxylic acids is 1. The van der Waals surface area contributed by atoms with Crippen molar-refractivity contribution >= 4 is 29.0 Å². The van der Waals surface area contributed by atoms with Crippen LogP contribution in [0.1, 0.15) is 20.9 Å². The zero-order valence-corrected chi connectivity index (χ0v) is 10.4. The summed E-state index contributed by atoms with van der Waals surface area (Å²) in [5.41, 5.74) is 0.406. The molecule has 6 nitrogen and oxygen atoms in total. The number of aryl methyl sites for hydroxylation is 1. The number of carboxylic acids is 1. The van der Waals surface area contributed by atoms with Gasteiger partial charge in [-0.2, -0.15) is 5.10 Å². The summed E-state index contributed by atoms with van der Waals surface area (Å²) < 4.78 is 0. The average Bonchev–Trinajstić information content (AvgIpc) is 2.88. The number of anilines is 1. The van der Waals surface area contributed by atoms with Gasteiger partial charge in [-0.05, 0) is 18.4 Å².